The summed E-state index contributed by atoms with van der Waals surface area (Å²) in [7, 11) is 0. The molecule has 4 nitrogen and oxygen atoms in total. The molecule has 3 N–H and O–H groups in total. The van der Waals surface area contributed by atoms with Crippen molar-refractivity contribution in [3.8, 4) is 0 Å². The van der Waals surface area contributed by atoms with E-state index in [0.29, 0.717) is 5.02 Å². The Bertz CT molecular complexity index is 371. The van der Waals surface area contributed by atoms with Crippen LogP contribution in [0.3, 0.4) is 0 Å². The molecule has 1 atom stereocenters. The van der Waals surface area contributed by atoms with Crippen LogP contribution in [-0.2, 0) is 0 Å². The fraction of sp³-hybridized carbons (Fsp3) is 0.462. The second-order valence-electron chi connectivity index (χ2n) is 4.48. The van der Waals surface area contributed by atoms with E-state index in [4.69, 9.17) is 26.9 Å². The van der Waals surface area contributed by atoms with Crippen molar-refractivity contribution in [2.45, 2.75) is 26.4 Å². The molecule has 1 rings (SSSR count). The summed E-state index contributed by atoms with van der Waals surface area (Å²) in [6.45, 7) is 5.20. The average molecular weight is 275 g/mol. The lowest BCUT2D eigenvalue weighted by Crippen LogP contribution is -2.34. The van der Waals surface area contributed by atoms with Crippen LogP contribution in [0.25, 0.3) is 0 Å². The van der Waals surface area contributed by atoms with Crippen molar-refractivity contribution >= 4 is 17.6 Å². The first-order chi connectivity index (χ1) is 8.20. The van der Waals surface area contributed by atoms with Gasteiger partial charge in [-0.2, -0.15) is 0 Å². The Labute approximate surface area is 112 Å². The van der Waals surface area contributed by atoms with Crippen molar-refractivity contribution < 1.29 is 20.1 Å². The van der Waals surface area contributed by atoms with Crippen LogP contribution in [0.2, 0.25) is 5.02 Å². The second kappa shape index (κ2) is 7.36. The molecule has 0 spiro atoms. The number of hydrogen-bond donors (Lipinski definition) is 3. The SMILES string of the molecule is CC(C)C(C)(O)CO.O=C(O)c1ccc(Cl)cc1. The van der Waals surface area contributed by atoms with Crippen LogP contribution in [0.1, 0.15) is 31.1 Å². The molecule has 0 aliphatic carbocycles. The normalized spacial score (nSPS) is 13.5. The van der Waals surface area contributed by atoms with Crippen LogP contribution in [0.15, 0.2) is 24.3 Å². The summed E-state index contributed by atoms with van der Waals surface area (Å²) in [5.74, 6) is -0.816. The Morgan fingerprint density at radius 2 is 1.78 bits per heavy atom. The molecule has 0 fully saturated rings. The lowest BCUT2D eigenvalue weighted by atomic mass is 9.94. The Hall–Kier alpha value is -1.10. The second-order valence-corrected chi connectivity index (χ2v) is 4.92. The van der Waals surface area contributed by atoms with Gasteiger partial charge in [0.15, 0.2) is 0 Å². The summed E-state index contributed by atoms with van der Waals surface area (Å²) in [6, 6.07) is 6.02. The molecule has 1 aromatic rings. The molecule has 0 radical (unpaired) electrons. The zero-order valence-corrected chi connectivity index (χ0v) is 11.5. The molecule has 0 aliphatic rings. The third-order valence-electron chi connectivity index (χ3n) is 2.66. The van der Waals surface area contributed by atoms with E-state index < -0.39 is 11.6 Å². The number of carbonyl (C=O) groups is 1. The van der Waals surface area contributed by atoms with Gasteiger partial charge < -0.3 is 15.3 Å². The number of aliphatic hydroxyl groups excluding tert-OH is 1. The molecule has 0 aliphatic heterocycles. The number of benzene rings is 1. The van der Waals surface area contributed by atoms with Crippen LogP contribution >= 0.6 is 11.6 Å². The molecule has 0 saturated carbocycles. The number of rotatable bonds is 3. The first-order valence-electron chi connectivity index (χ1n) is 5.52. The van der Waals surface area contributed by atoms with E-state index in [9.17, 15) is 4.79 Å². The molecule has 0 heterocycles. The van der Waals surface area contributed by atoms with Gasteiger partial charge in [-0.15, -0.1) is 0 Å². The van der Waals surface area contributed by atoms with Gasteiger partial charge in [0.05, 0.1) is 17.8 Å². The van der Waals surface area contributed by atoms with Gasteiger partial charge in [0.1, 0.15) is 0 Å². The number of halogens is 1. The third kappa shape index (κ3) is 6.00. The first-order valence-corrected chi connectivity index (χ1v) is 5.90. The molecule has 0 saturated heterocycles. The number of aromatic carboxylic acids is 1. The van der Waals surface area contributed by atoms with Gasteiger partial charge in [-0.25, -0.2) is 4.79 Å². The number of carboxylic acids is 1. The highest BCUT2D eigenvalue weighted by molar-refractivity contribution is 6.30. The number of aliphatic hydroxyl groups is 2. The summed E-state index contributed by atoms with van der Waals surface area (Å²) < 4.78 is 0. The highest BCUT2D eigenvalue weighted by Gasteiger charge is 2.22. The molecular weight excluding hydrogens is 256 g/mol. The van der Waals surface area contributed by atoms with Gasteiger partial charge in [0.2, 0.25) is 0 Å². The Morgan fingerprint density at radius 1 is 1.33 bits per heavy atom. The van der Waals surface area contributed by atoms with Crippen LogP contribution in [-0.4, -0.2) is 33.5 Å². The minimum Gasteiger partial charge on any atom is -0.478 e. The number of hydrogen-bond acceptors (Lipinski definition) is 3. The predicted molar refractivity (Wildman–Crippen MR) is 71.0 cm³/mol. The van der Waals surface area contributed by atoms with Crippen molar-refractivity contribution in [2.75, 3.05) is 6.61 Å². The van der Waals surface area contributed by atoms with Gasteiger partial charge in [0, 0.05) is 5.02 Å². The molecule has 5 heteroatoms. The minimum absolute atomic E-state index is 0.118. The fourth-order valence-corrected chi connectivity index (χ4v) is 0.901. The quantitative estimate of drug-likeness (QED) is 0.791. The van der Waals surface area contributed by atoms with E-state index in [1.54, 1.807) is 19.1 Å². The summed E-state index contributed by atoms with van der Waals surface area (Å²) in [5.41, 5.74) is -0.649. The van der Waals surface area contributed by atoms with Crippen LogP contribution in [0.4, 0.5) is 0 Å². The summed E-state index contributed by atoms with van der Waals surface area (Å²) in [5, 5.41) is 26.6. The zero-order chi connectivity index (χ0) is 14.3. The minimum atomic E-state index is -0.934. The summed E-state index contributed by atoms with van der Waals surface area (Å²) >= 11 is 5.52. The number of carboxylic acid groups (broad SMARTS) is 1. The van der Waals surface area contributed by atoms with E-state index in [1.807, 2.05) is 13.8 Å². The molecule has 1 aromatic carbocycles. The van der Waals surface area contributed by atoms with Gasteiger partial charge in [0.25, 0.3) is 0 Å². The van der Waals surface area contributed by atoms with E-state index in [0.717, 1.165) is 0 Å². The van der Waals surface area contributed by atoms with Crippen LogP contribution in [0.5, 0.6) is 0 Å². The Balaban J connectivity index is 0.000000331. The average Bonchev–Trinajstić information content (AvgIpc) is 2.30. The van der Waals surface area contributed by atoms with Crippen molar-refractivity contribution in [3.05, 3.63) is 34.9 Å². The highest BCUT2D eigenvalue weighted by atomic mass is 35.5. The molecular formula is C13H19ClO4. The predicted octanol–water partition coefficient (Wildman–Crippen LogP) is 2.42. The van der Waals surface area contributed by atoms with Gasteiger partial charge in [-0.05, 0) is 37.1 Å². The lowest BCUT2D eigenvalue weighted by molar-refractivity contribution is -0.0350. The van der Waals surface area contributed by atoms with E-state index in [1.165, 1.54) is 12.1 Å². The smallest absolute Gasteiger partial charge is 0.335 e. The van der Waals surface area contributed by atoms with E-state index >= 15 is 0 Å². The standard InChI is InChI=1S/C7H5ClO2.C6H14O2/c8-6-3-1-5(2-4-6)7(9)10;1-5(2)6(3,8)4-7/h1-4H,(H,9,10);5,7-8H,4H2,1-3H3. The molecule has 0 aromatic heterocycles. The maximum absolute atomic E-state index is 10.3. The largest absolute Gasteiger partial charge is 0.478 e. The van der Waals surface area contributed by atoms with Crippen molar-refractivity contribution in [3.63, 3.8) is 0 Å². The van der Waals surface area contributed by atoms with Gasteiger partial charge in [-0.1, -0.05) is 25.4 Å². The Kier molecular flexibility index (Phi) is 6.91. The van der Waals surface area contributed by atoms with Crippen LogP contribution in [0, 0.1) is 5.92 Å². The van der Waals surface area contributed by atoms with Crippen LogP contribution < -0.4 is 0 Å². The van der Waals surface area contributed by atoms with Crippen molar-refractivity contribution in [1.82, 2.24) is 0 Å². The van der Waals surface area contributed by atoms with Gasteiger partial charge in [-0.3, -0.25) is 0 Å². The maximum atomic E-state index is 10.3. The highest BCUT2D eigenvalue weighted by Crippen LogP contribution is 2.13. The summed E-state index contributed by atoms with van der Waals surface area (Å²) in [4.78, 5) is 10.3. The Morgan fingerprint density at radius 3 is 2.00 bits per heavy atom. The van der Waals surface area contributed by atoms with Crippen molar-refractivity contribution in [2.24, 2.45) is 5.92 Å². The molecule has 1 unspecified atom stereocenters. The monoisotopic (exact) mass is 274 g/mol. The van der Waals surface area contributed by atoms with E-state index in [-0.39, 0.29) is 18.1 Å². The maximum Gasteiger partial charge on any atom is 0.335 e. The topological polar surface area (TPSA) is 77.8 Å². The van der Waals surface area contributed by atoms with Crippen molar-refractivity contribution in [1.29, 1.82) is 0 Å². The molecule has 18 heavy (non-hydrogen) atoms. The lowest BCUT2D eigenvalue weighted by Gasteiger charge is -2.24. The third-order valence-corrected chi connectivity index (χ3v) is 2.91. The fourth-order valence-electron chi connectivity index (χ4n) is 0.775. The first kappa shape index (κ1) is 16.9. The molecule has 0 bridgehead atoms. The molecule has 0 amide bonds. The van der Waals surface area contributed by atoms with E-state index in [2.05, 4.69) is 0 Å². The summed E-state index contributed by atoms with van der Waals surface area (Å²) in [6.07, 6.45) is 0. The van der Waals surface area contributed by atoms with Gasteiger partial charge >= 0.3 is 5.97 Å². The molecule has 102 valence electrons. The zero-order valence-electron chi connectivity index (χ0n) is 10.7.